The summed E-state index contributed by atoms with van der Waals surface area (Å²) in [6.45, 7) is 2.57. The summed E-state index contributed by atoms with van der Waals surface area (Å²) in [7, 11) is 0. The molecule has 0 aliphatic carbocycles. The fourth-order valence-electron chi connectivity index (χ4n) is 1.87. The van der Waals surface area contributed by atoms with Crippen LogP contribution in [0, 0.1) is 6.92 Å². The van der Waals surface area contributed by atoms with E-state index in [1.54, 1.807) is 6.07 Å². The van der Waals surface area contributed by atoms with Gasteiger partial charge in [0.05, 0.1) is 5.56 Å². The van der Waals surface area contributed by atoms with Crippen molar-refractivity contribution >= 4 is 27.8 Å². The summed E-state index contributed by atoms with van der Waals surface area (Å²) in [5, 5.41) is 11.4. The smallest absolute Gasteiger partial charge is 0.303 e. The zero-order chi connectivity index (χ0) is 15.0. The molecule has 0 bridgehead atoms. The third-order valence-corrected chi connectivity index (χ3v) is 4.09. The van der Waals surface area contributed by atoms with Crippen LogP contribution in [0.25, 0.3) is 0 Å². The minimum absolute atomic E-state index is 0.0777. The number of unbranched alkanes of at least 4 members (excludes halogenated alkanes) is 3. The number of carbonyl (C=O) groups excluding carboxylic acids is 1. The summed E-state index contributed by atoms with van der Waals surface area (Å²) >= 11 is 3.42. The van der Waals surface area contributed by atoms with E-state index >= 15 is 0 Å². The van der Waals surface area contributed by atoms with Crippen LogP contribution in [0.3, 0.4) is 0 Å². The Labute approximate surface area is 127 Å². The van der Waals surface area contributed by atoms with Crippen molar-refractivity contribution in [1.82, 2.24) is 5.32 Å². The largest absolute Gasteiger partial charge is 0.481 e. The summed E-state index contributed by atoms with van der Waals surface area (Å²) in [5.74, 6) is -0.825. The summed E-state index contributed by atoms with van der Waals surface area (Å²) < 4.78 is 0.832. The molecule has 20 heavy (non-hydrogen) atoms. The second-order valence-corrected chi connectivity index (χ2v) is 5.54. The van der Waals surface area contributed by atoms with E-state index in [4.69, 9.17) is 5.11 Å². The fraction of sp³-hybridized carbons (Fsp3) is 0.467. The van der Waals surface area contributed by atoms with E-state index in [1.807, 2.05) is 19.1 Å². The molecule has 1 aromatic rings. The lowest BCUT2D eigenvalue weighted by molar-refractivity contribution is -0.137. The van der Waals surface area contributed by atoms with Gasteiger partial charge in [-0.15, -0.1) is 0 Å². The molecular formula is C15H20BrNO3. The maximum atomic E-state index is 12.0. The SMILES string of the molecule is Cc1cccc(C(=O)NCCCCCCC(=O)O)c1Br. The van der Waals surface area contributed by atoms with Gasteiger partial charge in [0.25, 0.3) is 5.91 Å². The molecule has 0 aromatic heterocycles. The number of carboxylic acid groups (broad SMARTS) is 1. The Balaban J connectivity index is 2.24. The third-order valence-electron chi connectivity index (χ3n) is 3.04. The first kappa shape index (κ1) is 16.7. The highest BCUT2D eigenvalue weighted by atomic mass is 79.9. The van der Waals surface area contributed by atoms with E-state index in [0.717, 1.165) is 29.3 Å². The summed E-state index contributed by atoms with van der Waals surface area (Å²) in [4.78, 5) is 22.3. The Morgan fingerprint density at radius 3 is 2.60 bits per heavy atom. The molecule has 1 aromatic carbocycles. The van der Waals surface area contributed by atoms with Crippen molar-refractivity contribution in [2.75, 3.05) is 6.54 Å². The number of carboxylic acids is 1. The molecule has 0 atom stereocenters. The topological polar surface area (TPSA) is 66.4 Å². The van der Waals surface area contributed by atoms with Gasteiger partial charge in [-0.25, -0.2) is 0 Å². The van der Waals surface area contributed by atoms with Crippen LogP contribution in [0.5, 0.6) is 0 Å². The van der Waals surface area contributed by atoms with Crippen molar-refractivity contribution < 1.29 is 14.7 Å². The summed E-state index contributed by atoms with van der Waals surface area (Å²) in [6, 6.07) is 5.60. The van der Waals surface area contributed by atoms with Crippen LogP contribution in [0.2, 0.25) is 0 Å². The van der Waals surface area contributed by atoms with Crippen LogP contribution in [-0.4, -0.2) is 23.5 Å². The number of hydrogen-bond donors (Lipinski definition) is 2. The van der Waals surface area contributed by atoms with Crippen LogP contribution in [0.4, 0.5) is 0 Å². The number of aryl methyl sites for hydroxylation is 1. The molecule has 0 radical (unpaired) electrons. The van der Waals surface area contributed by atoms with Gasteiger partial charge in [0.1, 0.15) is 0 Å². The molecule has 2 N–H and O–H groups in total. The Hall–Kier alpha value is -1.36. The average Bonchev–Trinajstić information content (AvgIpc) is 2.40. The van der Waals surface area contributed by atoms with Gasteiger partial charge in [0, 0.05) is 17.4 Å². The third kappa shape index (κ3) is 5.74. The number of rotatable bonds is 8. The van der Waals surface area contributed by atoms with E-state index in [2.05, 4.69) is 21.2 Å². The highest BCUT2D eigenvalue weighted by Gasteiger charge is 2.10. The monoisotopic (exact) mass is 341 g/mol. The van der Waals surface area contributed by atoms with Gasteiger partial charge in [0.15, 0.2) is 0 Å². The van der Waals surface area contributed by atoms with Crippen molar-refractivity contribution in [1.29, 1.82) is 0 Å². The second kappa shape index (κ2) is 8.74. The minimum atomic E-state index is -0.748. The van der Waals surface area contributed by atoms with Gasteiger partial charge in [-0.05, 0) is 47.3 Å². The van der Waals surface area contributed by atoms with Gasteiger partial charge >= 0.3 is 5.97 Å². The average molecular weight is 342 g/mol. The lowest BCUT2D eigenvalue weighted by Crippen LogP contribution is -2.24. The molecule has 0 aliphatic heterocycles. The van der Waals surface area contributed by atoms with Gasteiger partial charge in [-0.2, -0.15) is 0 Å². The molecule has 0 saturated heterocycles. The predicted molar refractivity (Wildman–Crippen MR) is 81.9 cm³/mol. The van der Waals surface area contributed by atoms with Gasteiger partial charge in [-0.1, -0.05) is 25.0 Å². The lowest BCUT2D eigenvalue weighted by Gasteiger charge is -2.08. The summed E-state index contributed by atoms with van der Waals surface area (Å²) in [5.41, 5.74) is 1.68. The Bertz CT molecular complexity index is 474. The van der Waals surface area contributed by atoms with Crippen LogP contribution in [-0.2, 0) is 4.79 Å². The Kier molecular flexibility index (Phi) is 7.30. The predicted octanol–water partition coefficient (Wildman–Crippen LogP) is 3.52. The van der Waals surface area contributed by atoms with E-state index in [-0.39, 0.29) is 12.3 Å². The maximum absolute atomic E-state index is 12.0. The zero-order valence-corrected chi connectivity index (χ0v) is 13.2. The molecule has 0 fully saturated rings. The lowest BCUT2D eigenvalue weighted by atomic mass is 10.1. The number of amides is 1. The van der Waals surface area contributed by atoms with Crippen LogP contribution in [0.1, 0.15) is 48.0 Å². The molecule has 110 valence electrons. The number of hydrogen-bond acceptors (Lipinski definition) is 2. The molecule has 1 amide bonds. The molecule has 0 aliphatic rings. The Morgan fingerprint density at radius 2 is 1.90 bits per heavy atom. The van der Waals surface area contributed by atoms with Crippen LogP contribution >= 0.6 is 15.9 Å². The quantitative estimate of drug-likeness (QED) is 0.711. The minimum Gasteiger partial charge on any atom is -0.481 e. The van der Waals surface area contributed by atoms with E-state index < -0.39 is 5.97 Å². The number of halogens is 1. The number of benzene rings is 1. The molecular weight excluding hydrogens is 322 g/mol. The van der Waals surface area contributed by atoms with Crippen molar-refractivity contribution in [3.63, 3.8) is 0 Å². The second-order valence-electron chi connectivity index (χ2n) is 4.75. The summed E-state index contributed by atoms with van der Waals surface area (Å²) in [6.07, 6.45) is 3.61. The van der Waals surface area contributed by atoms with Crippen LogP contribution in [0.15, 0.2) is 22.7 Å². The van der Waals surface area contributed by atoms with Crippen molar-refractivity contribution in [2.45, 2.75) is 39.0 Å². The van der Waals surface area contributed by atoms with Gasteiger partial charge < -0.3 is 10.4 Å². The standard InChI is InChI=1S/C15H20BrNO3/c1-11-7-6-8-12(14(11)16)15(20)17-10-5-3-2-4-9-13(18)19/h6-8H,2-5,9-10H2,1H3,(H,17,20)(H,18,19). The molecule has 0 saturated carbocycles. The Morgan fingerprint density at radius 1 is 1.20 bits per heavy atom. The van der Waals surface area contributed by atoms with Gasteiger partial charge in [-0.3, -0.25) is 9.59 Å². The fourth-order valence-corrected chi connectivity index (χ4v) is 2.32. The number of carbonyl (C=O) groups is 2. The molecule has 0 spiro atoms. The van der Waals surface area contributed by atoms with E-state index in [9.17, 15) is 9.59 Å². The maximum Gasteiger partial charge on any atom is 0.303 e. The van der Waals surface area contributed by atoms with E-state index in [1.165, 1.54) is 0 Å². The highest BCUT2D eigenvalue weighted by molar-refractivity contribution is 9.10. The first-order valence-electron chi connectivity index (χ1n) is 6.77. The molecule has 0 unspecified atom stereocenters. The van der Waals surface area contributed by atoms with Crippen molar-refractivity contribution in [3.05, 3.63) is 33.8 Å². The molecule has 4 nitrogen and oxygen atoms in total. The first-order valence-corrected chi connectivity index (χ1v) is 7.56. The zero-order valence-electron chi connectivity index (χ0n) is 11.6. The van der Waals surface area contributed by atoms with Crippen LogP contribution < -0.4 is 5.32 Å². The number of aliphatic carboxylic acids is 1. The van der Waals surface area contributed by atoms with Gasteiger partial charge in [0.2, 0.25) is 0 Å². The molecule has 5 heteroatoms. The first-order chi connectivity index (χ1) is 9.52. The molecule has 1 rings (SSSR count). The normalized spacial score (nSPS) is 10.3. The number of nitrogens with one attached hydrogen (secondary N) is 1. The molecule has 0 heterocycles. The van der Waals surface area contributed by atoms with Crippen molar-refractivity contribution in [2.24, 2.45) is 0 Å². The van der Waals surface area contributed by atoms with E-state index in [0.29, 0.717) is 18.5 Å². The van der Waals surface area contributed by atoms with Crippen molar-refractivity contribution in [3.8, 4) is 0 Å². The highest BCUT2D eigenvalue weighted by Crippen LogP contribution is 2.20.